The number of carboxylic acids is 1. The van der Waals surface area contributed by atoms with Gasteiger partial charge in [-0.3, -0.25) is 0 Å². The van der Waals surface area contributed by atoms with E-state index in [1.165, 1.54) is 22.5 Å². The monoisotopic (exact) mass is 282 g/mol. The summed E-state index contributed by atoms with van der Waals surface area (Å²) < 4.78 is 26.3. The lowest BCUT2D eigenvalue weighted by Crippen LogP contribution is -2.39. The molecule has 1 atom stereocenters. The zero-order valence-corrected chi connectivity index (χ0v) is 11.5. The van der Waals surface area contributed by atoms with Gasteiger partial charge >= 0.3 is 0 Å². The van der Waals surface area contributed by atoms with E-state index in [1.807, 2.05) is 6.92 Å². The molecule has 1 fully saturated rings. The highest BCUT2D eigenvalue weighted by Gasteiger charge is 2.28. The Morgan fingerprint density at radius 2 is 2.16 bits per heavy atom. The average Bonchev–Trinajstić information content (AvgIpc) is 2.39. The van der Waals surface area contributed by atoms with Gasteiger partial charge in [-0.05, 0) is 36.5 Å². The molecule has 5 nitrogen and oxygen atoms in total. The van der Waals surface area contributed by atoms with E-state index < -0.39 is 16.0 Å². The number of sulfonamides is 1. The second kappa shape index (κ2) is 5.30. The van der Waals surface area contributed by atoms with Crippen LogP contribution in [0.25, 0.3) is 0 Å². The first-order valence-electron chi connectivity index (χ1n) is 6.23. The molecule has 104 valence electrons. The van der Waals surface area contributed by atoms with E-state index in [2.05, 4.69) is 0 Å². The number of hydrogen-bond donors (Lipinski definition) is 0. The number of piperidine rings is 1. The largest absolute Gasteiger partial charge is 0.545 e. The molecule has 6 heteroatoms. The van der Waals surface area contributed by atoms with Crippen LogP contribution in [0.1, 0.15) is 30.1 Å². The fourth-order valence-corrected chi connectivity index (χ4v) is 3.94. The maximum absolute atomic E-state index is 12.4. The fourth-order valence-electron chi connectivity index (χ4n) is 2.30. The average molecular weight is 282 g/mol. The van der Waals surface area contributed by atoms with Crippen LogP contribution in [0.2, 0.25) is 0 Å². The van der Waals surface area contributed by atoms with Crippen molar-refractivity contribution in [1.29, 1.82) is 0 Å². The summed E-state index contributed by atoms with van der Waals surface area (Å²) in [6.45, 7) is 2.99. The quantitative estimate of drug-likeness (QED) is 0.807. The molecular formula is C13H16NO4S-. The minimum Gasteiger partial charge on any atom is -0.545 e. The maximum atomic E-state index is 12.4. The molecule has 0 spiro atoms. The minimum absolute atomic E-state index is 0.0169. The van der Waals surface area contributed by atoms with E-state index in [4.69, 9.17) is 0 Å². The van der Waals surface area contributed by atoms with Crippen molar-refractivity contribution >= 4 is 16.0 Å². The highest BCUT2D eigenvalue weighted by atomic mass is 32.2. The normalized spacial score (nSPS) is 21.2. The van der Waals surface area contributed by atoms with Crippen LogP contribution in [0, 0.1) is 5.92 Å². The van der Waals surface area contributed by atoms with Crippen molar-refractivity contribution in [1.82, 2.24) is 4.31 Å². The third-order valence-electron chi connectivity index (χ3n) is 3.33. The van der Waals surface area contributed by atoms with Gasteiger partial charge in [0.1, 0.15) is 0 Å². The third kappa shape index (κ3) is 2.96. The summed E-state index contributed by atoms with van der Waals surface area (Å²) in [6.07, 6.45) is 1.85. The molecule has 0 aromatic heterocycles. The van der Waals surface area contributed by atoms with Crippen LogP contribution in [-0.4, -0.2) is 31.8 Å². The van der Waals surface area contributed by atoms with Crippen molar-refractivity contribution in [2.75, 3.05) is 13.1 Å². The van der Waals surface area contributed by atoms with E-state index in [9.17, 15) is 18.3 Å². The van der Waals surface area contributed by atoms with E-state index in [-0.39, 0.29) is 10.5 Å². The summed E-state index contributed by atoms with van der Waals surface area (Å²) in [7, 11) is -3.61. The number of carboxylic acid groups (broad SMARTS) is 1. The van der Waals surface area contributed by atoms with Crippen LogP contribution in [0.3, 0.4) is 0 Å². The summed E-state index contributed by atoms with van der Waals surface area (Å²) in [5.41, 5.74) is -0.119. The van der Waals surface area contributed by atoms with Gasteiger partial charge in [0.15, 0.2) is 0 Å². The molecule has 2 rings (SSSR count). The predicted molar refractivity (Wildman–Crippen MR) is 67.9 cm³/mol. The molecule has 1 aliphatic rings. The van der Waals surface area contributed by atoms with Gasteiger partial charge in [0.2, 0.25) is 10.0 Å². The molecule has 0 N–H and O–H groups in total. The zero-order chi connectivity index (χ0) is 14.0. The van der Waals surface area contributed by atoms with Crippen LogP contribution >= 0.6 is 0 Å². The van der Waals surface area contributed by atoms with E-state index in [0.29, 0.717) is 19.0 Å². The van der Waals surface area contributed by atoms with Gasteiger partial charge in [-0.15, -0.1) is 0 Å². The Morgan fingerprint density at radius 3 is 2.79 bits per heavy atom. The molecule has 1 aromatic carbocycles. The number of nitrogens with zero attached hydrogens (tertiary/aromatic N) is 1. The Hall–Kier alpha value is -1.40. The Labute approximate surface area is 112 Å². The van der Waals surface area contributed by atoms with Crippen molar-refractivity contribution in [2.24, 2.45) is 5.92 Å². The molecule has 1 aliphatic heterocycles. The van der Waals surface area contributed by atoms with Gasteiger partial charge in [0.05, 0.1) is 10.9 Å². The number of carbonyl (C=O) groups is 1. The molecule has 0 amide bonds. The van der Waals surface area contributed by atoms with Gasteiger partial charge in [-0.1, -0.05) is 19.1 Å². The van der Waals surface area contributed by atoms with Crippen molar-refractivity contribution in [3.63, 3.8) is 0 Å². The summed E-state index contributed by atoms with van der Waals surface area (Å²) in [4.78, 5) is 10.8. The standard InChI is InChI=1S/C13H17NO4S/c1-10-4-3-7-14(9-10)19(17,18)12-6-2-5-11(8-12)13(15)16/h2,5-6,8,10H,3-4,7,9H2,1H3,(H,15,16)/p-1/t10-/m1/s1. The second-order valence-electron chi connectivity index (χ2n) is 4.93. The zero-order valence-electron chi connectivity index (χ0n) is 10.7. The highest BCUT2D eigenvalue weighted by molar-refractivity contribution is 7.89. The summed E-state index contributed by atoms with van der Waals surface area (Å²) in [6, 6.07) is 5.32. The van der Waals surface area contributed by atoms with E-state index in [0.717, 1.165) is 18.9 Å². The molecule has 0 radical (unpaired) electrons. The molecule has 19 heavy (non-hydrogen) atoms. The van der Waals surface area contributed by atoms with Crippen LogP contribution in [0.15, 0.2) is 29.2 Å². The lowest BCUT2D eigenvalue weighted by molar-refractivity contribution is -0.255. The van der Waals surface area contributed by atoms with Gasteiger partial charge < -0.3 is 9.90 Å². The summed E-state index contributed by atoms with van der Waals surface area (Å²) >= 11 is 0. The van der Waals surface area contributed by atoms with Crippen LogP contribution in [-0.2, 0) is 10.0 Å². The Morgan fingerprint density at radius 1 is 1.42 bits per heavy atom. The second-order valence-corrected chi connectivity index (χ2v) is 6.86. The lowest BCUT2D eigenvalue weighted by atomic mass is 10.0. The number of carbonyl (C=O) groups excluding carboxylic acids is 1. The van der Waals surface area contributed by atoms with Crippen LogP contribution in [0.4, 0.5) is 0 Å². The Bertz CT molecular complexity index is 582. The number of aromatic carboxylic acids is 1. The Kier molecular flexibility index (Phi) is 3.91. The molecule has 0 aliphatic carbocycles. The first-order valence-corrected chi connectivity index (χ1v) is 7.67. The van der Waals surface area contributed by atoms with Gasteiger partial charge in [0, 0.05) is 13.1 Å². The fraction of sp³-hybridized carbons (Fsp3) is 0.462. The van der Waals surface area contributed by atoms with Gasteiger partial charge in [-0.2, -0.15) is 4.31 Å². The molecule has 0 saturated carbocycles. The van der Waals surface area contributed by atoms with Crippen molar-refractivity contribution in [3.8, 4) is 0 Å². The lowest BCUT2D eigenvalue weighted by Gasteiger charge is -2.30. The molecule has 1 heterocycles. The van der Waals surface area contributed by atoms with Crippen LogP contribution in [0.5, 0.6) is 0 Å². The topological polar surface area (TPSA) is 77.5 Å². The van der Waals surface area contributed by atoms with Gasteiger partial charge in [0.25, 0.3) is 0 Å². The van der Waals surface area contributed by atoms with Crippen molar-refractivity contribution in [3.05, 3.63) is 29.8 Å². The molecule has 0 unspecified atom stereocenters. The molecule has 1 aromatic rings. The number of benzene rings is 1. The first-order chi connectivity index (χ1) is 8.91. The molecular weight excluding hydrogens is 266 g/mol. The number of rotatable bonds is 3. The Balaban J connectivity index is 2.33. The third-order valence-corrected chi connectivity index (χ3v) is 5.19. The van der Waals surface area contributed by atoms with Crippen LogP contribution < -0.4 is 5.11 Å². The maximum Gasteiger partial charge on any atom is 0.243 e. The van der Waals surface area contributed by atoms with Crippen molar-refractivity contribution < 1.29 is 18.3 Å². The summed E-state index contributed by atoms with van der Waals surface area (Å²) in [5.74, 6) is -1.04. The predicted octanol–water partition coefficient (Wildman–Crippen LogP) is 0.471. The molecule has 0 bridgehead atoms. The van der Waals surface area contributed by atoms with E-state index >= 15 is 0 Å². The SMILES string of the molecule is C[C@@H]1CCCN(S(=O)(=O)c2cccc(C(=O)[O-])c2)C1. The van der Waals surface area contributed by atoms with Gasteiger partial charge in [-0.25, -0.2) is 8.42 Å². The molecule has 1 saturated heterocycles. The van der Waals surface area contributed by atoms with E-state index in [1.54, 1.807) is 0 Å². The first kappa shape index (κ1) is 14.0. The smallest absolute Gasteiger partial charge is 0.243 e. The number of hydrogen-bond acceptors (Lipinski definition) is 4. The minimum atomic E-state index is -3.61. The summed E-state index contributed by atoms with van der Waals surface area (Å²) in [5, 5.41) is 10.8. The highest BCUT2D eigenvalue weighted by Crippen LogP contribution is 2.23. The van der Waals surface area contributed by atoms with Crippen molar-refractivity contribution in [2.45, 2.75) is 24.7 Å².